The van der Waals surface area contributed by atoms with Gasteiger partial charge in [-0.3, -0.25) is 0 Å². The molecule has 4 aromatic carbocycles. The van der Waals surface area contributed by atoms with Gasteiger partial charge in [-0.15, -0.1) is 0 Å². The standard InChI is InChI=1S/C26H18F3N/c1-17-13-14-20(23(15-17)26(27,28)29)18-7-6-8-19(16-18)30-24-11-4-2-9-21(24)22-10-3-5-12-25(22)30/h2-16H,1H3. The minimum atomic E-state index is -4.41. The molecular formula is C26H18F3N. The predicted octanol–water partition coefficient (Wildman–Crippen LogP) is 7.78. The summed E-state index contributed by atoms with van der Waals surface area (Å²) in [5.74, 6) is 0. The van der Waals surface area contributed by atoms with Crippen molar-refractivity contribution in [3.05, 3.63) is 102 Å². The Kier molecular flexibility index (Phi) is 4.17. The number of halogens is 3. The van der Waals surface area contributed by atoms with Gasteiger partial charge in [0.2, 0.25) is 0 Å². The minimum absolute atomic E-state index is 0.190. The maximum absolute atomic E-state index is 13.7. The number of rotatable bonds is 2. The number of aryl methyl sites for hydroxylation is 1. The summed E-state index contributed by atoms with van der Waals surface area (Å²) in [5.41, 5.74) is 3.59. The van der Waals surface area contributed by atoms with Gasteiger partial charge in [-0.25, -0.2) is 0 Å². The van der Waals surface area contributed by atoms with Gasteiger partial charge in [0, 0.05) is 16.5 Å². The molecule has 0 radical (unpaired) electrons. The van der Waals surface area contributed by atoms with Gasteiger partial charge in [-0.2, -0.15) is 13.2 Å². The molecule has 30 heavy (non-hydrogen) atoms. The highest BCUT2D eigenvalue weighted by molar-refractivity contribution is 6.09. The highest BCUT2D eigenvalue weighted by Gasteiger charge is 2.33. The second-order valence-corrected chi connectivity index (χ2v) is 7.47. The van der Waals surface area contributed by atoms with Crippen molar-refractivity contribution in [3.8, 4) is 16.8 Å². The fourth-order valence-electron chi connectivity index (χ4n) is 4.16. The Balaban J connectivity index is 1.77. The predicted molar refractivity (Wildman–Crippen MR) is 116 cm³/mol. The molecule has 5 aromatic rings. The first-order chi connectivity index (χ1) is 14.4. The number of aromatic nitrogens is 1. The molecule has 1 nitrogen and oxygen atoms in total. The van der Waals surface area contributed by atoms with Crippen LogP contribution in [0.2, 0.25) is 0 Å². The molecule has 0 N–H and O–H groups in total. The molecule has 0 spiro atoms. The third-order valence-electron chi connectivity index (χ3n) is 5.48. The van der Waals surface area contributed by atoms with Crippen molar-refractivity contribution in [2.45, 2.75) is 13.1 Å². The van der Waals surface area contributed by atoms with Crippen molar-refractivity contribution in [1.82, 2.24) is 4.57 Å². The lowest BCUT2D eigenvalue weighted by atomic mass is 9.97. The van der Waals surface area contributed by atoms with Crippen molar-refractivity contribution < 1.29 is 13.2 Å². The van der Waals surface area contributed by atoms with E-state index in [1.807, 2.05) is 54.6 Å². The molecule has 0 saturated carbocycles. The fraction of sp³-hybridized carbons (Fsp3) is 0.0769. The number of hydrogen-bond acceptors (Lipinski definition) is 0. The van der Waals surface area contributed by atoms with E-state index in [1.165, 1.54) is 6.07 Å². The van der Waals surface area contributed by atoms with Crippen LogP contribution in [-0.4, -0.2) is 4.57 Å². The summed E-state index contributed by atoms with van der Waals surface area (Å²) in [5, 5.41) is 2.23. The zero-order chi connectivity index (χ0) is 20.9. The van der Waals surface area contributed by atoms with E-state index in [0.717, 1.165) is 27.5 Å². The highest BCUT2D eigenvalue weighted by atomic mass is 19.4. The molecule has 0 unspecified atom stereocenters. The molecule has 0 fully saturated rings. The molecule has 4 heteroatoms. The lowest BCUT2D eigenvalue weighted by Gasteiger charge is -2.15. The molecule has 0 aliphatic rings. The van der Waals surface area contributed by atoms with Gasteiger partial charge >= 0.3 is 6.18 Å². The monoisotopic (exact) mass is 401 g/mol. The normalized spacial score (nSPS) is 12.0. The van der Waals surface area contributed by atoms with Crippen LogP contribution < -0.4 is 0 Å². The van der Waals surface area contributed by atoms with E-state index < -0.39 is 11.7 Å². The van der Waals surface area contributed by atoms with E-state index in [0.29, 0.717) is 11.1 Å². The number of hydrogen-bond donors (Lipinski definition) is 0. The first-order valence-electron chi connectivity index (χ1n) is 9.70. The Hall–Kier alpha value is -3.53. The van der Waals surface area contributed by atoms with Gasteiger partial charge in [-0.05, 0) is 48.4 Å². The summed E-state index contributed by atoms with van der Waals surface area (Å²) in [7, 11) is 0. The molecule has 0 saturated heterocycles. The van der Waals surface area contributed by atoms with Crippen molar-refractivity contribution in [1.29, 1.82) is 0 Å². The van der Waals surface area contributed by atoms with Gasteiger partial charge < -0.3 is 4.57 Å². The van der Waals surface area contributed by atoms with E-state index >= 15 is 0 Å². The van der Waals surface area contributed by atoms with Crippen LogP contribution >= 0.6 is 0 Å². The van der Waals surface area contributed by atoms with E-state index in [2.05, 4.69) is 16.7 Å². The largest absolute Gasteiger partial charge is 0.417 e. The SMILES string of the molecule is Cc1ccc(-c2cccc(-n3c4ccccc4c4ccccc43)c2)c(C(F)(F)F)c1. The van der Waals surface area contributed by atoms with Crippen LogP contribution in [-0.2, 0) is 6.18 Å². The molecule has 1 aromatic heterocycles. The van der Waals surface area contributed by atoms with Crippen molar-refractivity contribution in [3.63, 3.8) is 0 Å². The summed E-state index contributed by atoms with van der Waals surface area (Å²) in [6.45, 7) is 1.67. The molecular weight excluding hydrogens is 383 g/mol. The Labute approximate surface area is 172 Å². The first kappa shape index (κ1) is 18.5. The van der Waals surface area contributed by atoms with Crippen LogP contribution in [0.4, 0.5) is 13.2 Å². The second-order valence-electron chi connectivity index (χ2n) is 7.47. The molecule has 148 valence electrons. The van der Waals surface area contributed by atoms with Crippen LogP contribution in [0.1, 0.15) is 11.1 Å². The molecule has 1 heterocycles. The number of fused-ring (bicyclic) bond motifs is 3. The Morgan fingerprint density at radius 3 is 1.93 bits per heavy atom. The van der Waals surface area contributed by atoms with Crippen molar-refractivity contribution in [2.75, 3.05) is 0 Å². The summed E-state index contributed by atoms with van der Waals surface area (Å²) >= 11 is 0. The summed E-state index contributed by atoms with van der Waals surface area (Å²) in [4.78, 5) is 0. The second kappa shape index (κ2) is 6.77. The third kappa shape index (κ3) is 2.96. The van der Waals surface area contributed by atoms with Gasteiger partial charge in [0.05, 0.1) is 16.6 Å². The lowest BCUT2D eigenvalue weighted by molar-refractivity contribution is -0.137. The number of nitrogens with zero attached hydrogens (tertiary/aromatic N) is 1. The average molecular weight is 401 g/mol. The summed E-state index contributed by atoms with van der Waals surface area (Å²) in [6.07, 6.45) is -4.41. The minimum Gasteiger partial charge on any atom is -0.309 e. The van der Waals surface area contributed by atoms with Gasteiger partial charge in [0.1, 0.15) is 0 Å². The Morgan fingerprint density at radius 1 is 0.667 bits per heavy atom. The third-order valence-corrected chi connectivity index (χ3v) is 5.48. The lowest BCUT2D eigenvalue weighted by Crippen LogP contribution is -2.07. The van der Waals surface area contributed by atoms with Crippen LogP contribution in [0.25, 0.3) is 38.6 Å². The van der Waals surface area contributed by atoms with E-state index in [9.17, 15) is 13.2 Å². The Bertz CT molecular complexity index is 1340. The van der Waals surface area contributed by atoms with Gasteiger partial charge in [0.25, 0.3) is 0 Å². The fourth-order valence-corrected chi connectivity index (χ4v) is 4.16. The summed E-state index contributed by atoms with van der Waals surface area (Å²) in [6, 6.07) is 28.0. The topological polar surface area (TPSA) is 4.93 Å². The number of benzene rings is 4. The first-order valence-corrected chi connectivity index (χ1v) is 9.70. The average Bonchev–Trinajstić information content (AvgIpc) is 3.08. The van der Waals surface area contributed by atoms with Crippen molar-refractivity contribution >= 4 is 21.8 Å². The molecule has 0 amide bonds. The molecule has 0 aliphatic carbocycles. The molecule has 5 rings (SSSR count). The zero-order valence-corrected chi connectivity index (χ0v) is 16.2. The smallest absolute Gasteiger partial charge is 0.309 e. The zero-order valence-electron chi connectivity index (χ0n) is 16.2. The van der Waals surface area contributed by atoms with E-state index in [-0.39, 0.29) is 5.56 Å². The van der Waals surface area contributed by atoms with Crippen LogP contribution in [0.15, 0.2) is 91.0 Å². The Morgan fingerprint density at radius 2 is 1.30 bits per heavy atom. The van der Waals surface area contributed by atoms with Gasteiger partial charge in [-0.1, -0.05) is 66.2 Å². The highest BCUT2D eigenvalue weighted by Crippen LogP contribution is 2.39. The number of alkyl halides is 3. The van der Waals surface area contributed by atoms with Crippen LogP contribution in [0.3, 0.4) is 0 Å². The number of para-hydroxylation sites is 2. The van der Waals surface area contributed by atoms with E-state index in [4.69, 9.17) is 0 Å². The molecule has 0 aliphatic heterocycles. The maximum Gasteiger partial charge on any atom is 0.417 e. The maximum atomic E-state index is 13.7. The molecule has 0 bridgehead atoms. The van der Waals surface area contributed by atoms with Gasteiger partial charge in [0.15, 0.2) is 0 Å². The molecule has 0 atom stereocenters. The van der Waals surface area contributed by atoms with E-state index in [1.54, 1.807) is 25.1 Å². The summed E-state index contributed by atoms with van der Waals surface area (Å²) < 4.78 is 43.2. The van der Waals surface area contributed by atoms with Crippen molar-refractivity contribution in [2.24, 2.45) is 0 Å². The van der Waals surface area contributed by atoms with Crippen LogP contribution in [0.5, 0.6) is 0 Å². The van der Waals surface area contributed by atoms with Crippen LogP contribution in [0, 0.1) is 6.92 Å². The quantitative estimate of drug-likeness (QED) is 0.285.